The standard InChI is InChI=1S/C15H22ClNO2/c1-4-10-8-11(6-7-12(10)16)19-14-9-13(17-5-2)15(14)18-3/h6-8,13-15,17H,4-5,9H2,1-3H3. The van der Waals surface area contributed by atoms with Gasteiger partial charge in [-0.25, -0.2) is 0 Å². The molecule has 106 valence electrons. The van der Waals surface area contributed by atoms with Crippen molar-refractivity contribution in [2.45, 2.75) is 44.9 Å². The highest BCUT2D eigenvalue weighted by Gasteiger charge is 2.42. The van der Waals surface area contributed by atoms with Crippen molar-refractivity contribution in [3.05, 3.63) is 28.8 Å². The number of hydrogen-bond acceptors (Lipinski definition) is 3. The first kappa shape index (κ1) is 14.6. The number of halogens is 1. The second-order valence-electron chi connectivity index (χ2n) is 4.86. The maximum atomic E-state index is 6.11. The second kappa shape index (κ2) is 6.60. The Morgan fingerprint density at radius 1 is 1.37 bits per heavy atom. The van der Waals surface area contributed by atoms with Gasteiger partial charge in [-0.2, -0.15) is 0 Å². The van der Waals surface area contributed by atoms with Gasteiger partial charge in [-0.05, 0) is 36.7 Å². The lowest BCUT2D eigenvalue weighted by Crippen LogP contribution is -2.60. The lowest BCUT2D eigenvalue weighted by Gasteiger charge is -2.43. The molecule has 1 fully saturated rings. The van der Waals surface area contributed by atoms with Gasteiger partial charge in [0.2, 0.25) is 0 Å². The van der Waals surface area contributed by atoms with Crippen molar-refractivity contribution in [1.29, 1.82) is 0 Å². The third-order valence-electron chi connectivity index (χ3n) is 3.67. The highest BCUT2D eigenvalue weighted by molar-refractivity contribution is 6.31. The van der Waals surface area contributed by atoms with E-state index in [0.29, 0.717) is 6.04 Å². The highest BCUT2D eigenvalue weighted by Crippen LogP contribution is 2.30. The smallest absolute Gasteiger partial charge is 0.128 e. The van der Waals surface area contributed by atoms with Crippen LogP contribution in [0.4, 0.5) is 0 Å². The van der Waals surface area contributed by atoms with E-state index in [9.17, 15) is 0 Å². The average molecular weight is 284 g/mol. The molecule has 19 heavy (non-hydrogen) atoms. The Kier molecular flexibility index (Phi) is 5.08. The van der Waals surface area contributed by atoms with Crippen molar-refractivity contribution >= 4 is 11.6 Å². The van der Waals surface area contributed by atoms with Crippen LogP contribution >= 0.6 is 11.6 Å². The van der Waals surface area contributed by atoms with Crippen LogP contribution < -0.4 is 10.1 Å². The van der Waals surface area contributed by atoms with Crippen LogP contribution in [0, 0.1) is 0 Å². The van der Waals surface area contributed by atoms with Crippen LogP contribution in [-0.2, 0) is 11.2 Å². The van der Waals surface area contributed by atoms with E-state index >= 15 is 0 Å². The summed E-state index contributed by atoms with van der Waals surface area (Å²) in [7, 11) is 1.74. The first-order valence-electron chi connectivity index (χ1n) is 6.90. The number of benzene rings is 1. The third-order valence-corrected chi connectivity index (χ3v) is 4.04. The molecule has 0 spiro atoms. The normalized spacial score (nSPS) is 26.0. The van der Waals surface area contributed by atoms with Gasteiger partial charge in [0.15, 0.2) is 0 Å². The summed E-state index contributed by atoms with van der Waals surface area (Å²) >= 11 is 6.11. The monoisotopic (exact) mass is 283 g/mol. The molecule has 0 saturated heterocycles. The van der Waals surface area contributed by atoms with Crippen LogP contribution in [0.15, 0.2) is 18.2 Å². The van der Waals surface area contributed by atoms with Gasteiger partial charge in [-0.3, -0.25) is 0 Å². The van der Waals surface area contributed by atoms with E-state index in [1.54, 1.807) is 7.11 Å². The topological polar surface area (TPSA) is 30.5 Å². The molecule has 0 bridgehead atoms. The number of rotatable bonds is 6. The number of nitrogens with one attached hydrogen (secondary N) is 1. The fourth-order valence-corrected chi connectivity index (χ4v) is 2.80. The number of aryl methyl sites for hydroxylation is 1. The zero-order chi connectivity index (χ0) is 13.8. The first-order chi connectivity index (χ1) is 9.19. The summed E-state index contributed by atoms with van der Waals surface area (Å²) in [5, 5.41) is 4.21. The van der Waals surface area contributed by atoms with E-state index in [2.05, 4.69) is 19.2 Å². The highest BCUT2D eigenvalue weighted by atomic mass is 35.5. The summed E-state index contributed by atoms with van der Waals surface area (Å²) < 4.78 is 11.5. The molecule has 4 heteroatoms. The van der Waals surface area contributed by atoms with Crippen LogP contribution in [0.2, 0.25) is 5.02 Å². The van der Waals surface area contributed by atoms with E-state index < -0.39 is 0 Å². The lowest BCUT2D eigenvalue weighted by atomic mass is 9.85. The van der Waals surface area contributed by atoms with Gasteiger partial charge < -0.3 is 14.8 Å². The minimum Gasteiger partial charge on any atom is -0.488 e. The number of hydrogen-bond donors (Lipinski definition) is 1. The van der Waals surface area contributed by atoms with Gasteiger partial charge in [0.1, 0.15) is 18.0 Å². The van der Waals surface area contributed by atoms with Crippen LogP contribution in [0.25, 0.3) is 0 Å². The van der Waals surface area contributed by atoms with E-state index in [1.807, 2.05) is 18.2 Å². The Morgan fingerprint density at radius 2 is 2.16 bits per heavy atom. The Hall–Kier alpha value is -0.770. The Morgan fingerprint density at radius 3 is 2.79 bits per heavy atom. The largest absolute Gasteiger partial charge is 0.488 e. The van der Waals surface area contributed by atoms with E-state index in [-0.39, 0.29) is 12.2 Å². The van der Waals surface area contributed by atoms with Crippen LogP contribution in [0.3, 0.4) is 0 Å². The van der Waals surface area contributed by atoms with Crippen LogP contribution in [-0.4, -0.2) is 31.9 Å². The number of ether oxygens (including phenoxy) is 2. The van der Waals surface area contributed by atoms with Gasteiger partial charge in [-0.15, -0.1) is 0 Å². The van der Waals surface area contributed by atoms with Crippen molar-refractivity contribution in [2.24, 2.45) is 0 Å². The molecule has 0 radical (unpaired) electrons. The maximum Gasteiger partial charge on any atom is 0.128 e. The second-order valence-corrected chi connectivity index (χ2v) is 5.27. The minimum atomic E-state index is 0.125. The summed E-state index contributed by atoms with van der Waals surface area (Å²) in [6.45, 7) is 5.15. The predicted molar refractivity (Wildman–Crippen MR) is 78.1 cm³/mol. The summed E-state index contributed by atoms with van der Waals surface area (Å²) in [4.78, 5) is 0. The summed E-state index contributed by atoms with van der Waals surface area (Å²) in [5.74, 6) is 0.878. The van der Waals surface area contributed by atoms with Gasteiger partial charge in [0, 0.05) is 24.6 Å². The first-order valence-corrected chi connectivity index (χ1v) is 7.28. The molecule has 1 aromatic carbocycles. The Bertz CT molecular complexity index is 425. The molecule has 3 atom stereocenters. The molecule has 3 nitrogen and oxygen atoms in total. The van der Waals surface area contributed by atoms with Gasteiger partial charge in [-0.1, -0.05) is 25.4 Å². The maximum absolute atomic E-state index is 6.11. The lowest BCUT2D eigenvalue weighted by molar-refractivity contribution is -0.0884. The molecular formula is C15H22ClNO2. The molecule has 1 aromatic rings. The quantitative estimate of drug-likeness (QED) is 0.870. The molecule has 0 amide bonds. The molecule has 0 aromatic heterocycles. The van der Waals surface area contributed by atoms with Crippen molar-refractivity contribution in [3.63, 3.8) is 0 Å². The van der Waals surface area contributed by atoms with Gasteiger partial charge >= 0.3 is 0 Å². The van der Waals surface area contributed by atoms with E-state index in [4.69, 9.17) is 21.1 Å². The fourth-order valence-electron chi connectivity index (χ4n) is 2.54. The molecule has 3 unspecified atom stereocenters. The minimum absolute atomic E-state index is 0.125. The molecule has 1 N–H and O–H groups in total. The predicted octanol–water partition coefficient (Wildman–Crippen LogP) is 3.05. The third kappa shape index (κ3) is 3.22. The van der Waals surface area contributed by atoms with E-state index in [0.717, 1.165) is 35.7 Å². The zero-order valence-corrected chi connectivity index (χ0v) is 12.5. The van der Waals surface area contributed by atoms with Crippen molar-refractivity contribution in [1.82, 2.24) is 5.32 Å². The average Bonchev–Trinajstić information content (AvgIpc) is 2.39. The van der Waals surface area contributed by atoms with Crippen molar-refractivity contribution in [3.8, 4) is 5.75 Å². The summed E-state index contributed by atoms with van der Waals surface area (Å²) in [6, 6.07) is 6.25. The van der Waals surface area contributed by atoms with Crippen molar-refractivity contribution in [2.75, 3.05) is 13.7 Å². The molecule has 1 aliphatic rings. The van der Waals surface area contributed by atoms with Crippen LogP contribution in [0.1, 0.15) is 25.8 Å². The Balaban J connectivity index is 1.98. The van der Waals surface area contributed by atoms with Gasteiger partial charge in [0.25, 0.3) is 0 Å². The number of likely N-dealkylation sites (N-methyl/N-ethyl adjacent to an activating group) is 1. The fraction of sp³-hybridized carbons (Fsp3) is 0.600. The summed E-state index contributed by atoms with van der Waals surface area (Å²) in [5.41, 5.74) is 1.12. The number of methoxy groups -OCH3 is 1. The van der Waals surface area contributed by atoms with Crippen molar-refractivity contribution < 1.29 is 9.47 Å². The Labute approximate surface area is 120 Å². The SMILES string of the molecule is CCNC1CC(Oc2ccc(Cl)c(CC)c2)C1OC. The molecule has 0 aliphatic heterocycles. The van der Waals surface area contributed by atoms with Gasteiger partial charge in [0.05, 0.1) is 0 Å². The molecule has 1 aliphatic carbocycles. The molecular weight excluding hydrogens is 262 g/mol. The zero-order valence-electron chi connectivity index (χ0n) is 11.8. The summed E-state index contributed by atoms with van der Waals surface area (Å²) in [6.07, 6.45) is 2.14. The molecule has 2 rings (SSSR count). The van der Waals surface area contributed by atoms with Crippen LogP contribution in [0.5, 0.6) is 5.75 Å². The molecule has 1 saturated carbocycles. The molecule has 0 heterocycles. The van der Waals surface area contributed by atoms with E-state index in [1.165, 1.54) is 0 Å².